The van der Waals surface area contributed by atoms with Gasteiger partial charge in [-0.05, 0) is 81.7 Å². The maximum absolute atomic E-state index is 13.7. The summed E-state index contributed by atoms with van der Waals surface area (Å²) in [5, 5.41) is 15.5. The highest BCUT2D eigenvalue weighted by Gasteiger charge is 2.39. The molecule has 37 heavy (non-hydrogen) atoms. The molecular formula is C29H37N3O5. The van der Waals surface area contributed by atoms with Crippen LogP contribution in [-0.4, -0.2) is 52.1 Å². The van der Waals surface area contributed by atoms with Gasteiger partial charge in [-0.2, -0.15) is 0 Å². The lowest BCUT2D eigenvalue weighted by atomic mass is 9.87. The number of benzene rings is 2. The second-order valence-electron chi connectivity index (χ2n) is 10.9. The van der Waals surface area contributed by atoms with E-state index in [-0.39, 0.29) is 30.0 Å². The molecule has 2 aromatic carbocycles. The standard InChI is InChI=1S/C29H37N3O5/c1-29(2,3)37-28(36)31-24(18-19-13-15-21(33)16-14-19)27(35)32-17-7-12-25(32)26(34)30-23-11-6-9-20-8-4-5-10-22(20)23/h4-5,8,10,13-16,23-25,33H,6-7,9,11-12,17-18H2,1-3H3,(H,30,34)(H,31,36)/t23-,24+,25+/m1/s1. The van der Waals surface area contributed by atoms with E-state index in [9.17, 15) is 19.5 Å². The van der Waals surface area contributed by atoms with Crippen LogP contribution in [0.4, 0.5) is 4.79 Å². The Morgan fingerprint density at radius 1 is 1.05 bits per heavy atom. The van der Waals surface area contributed by atoms with Crippen molar-refractivity contribution >= 4 is 17.9 Å². The number of carbonyl (C=O) groups excluding carboxylic acids is 3. The molecule has 0 bridgehead atoms. The van der Waals surface area contributed by atoms with Crippen molar-refractivity contribution in [3.05, 3.63) is 65.2 Å². The first-order chi connectivity index (χ1) is 17.6. The van der Waals surface area contributed by atoms with E-state index in [1.807, 2.05) is 12.1 Å². The Labute approximate surface area is 218 Å². The molecule has 4 rings (SSSR count). The first-order valence-electron chi connectivity index (χ1n) is 13.1. The number of aryl methyl sites for hydroxylation is 1. The van der Waals surface area contributed by atoms with Crippen molar-refractivity contribution < 1.29 is 24.2 Å². The first-order valence-corrected chi connectivity index (χ1v) is 13.1. The summed E-state index contributed by atoms with van der Waals surface area (Å²) in [4.78, 5) is 41.4. The van der Waals surface area contributed by atoms with E-state index < -0.39 is 23.8 Å². The van der Waals surface area contributed by atoms with Gasteiger partial charge in [0.15, 0.2) is 0 Å². The quantitative estimate of drug-likeness (QED) is 0.548. The fraction of sp³-hybridized carbons (Fsp3) is 0.483. The van der Waals surface area contributed by atoms with Crippen molar-refractivity contribution in [2.75, 3.05) is 6.54 Å². The van der Waals surface area contributed by atoms with Crippen LogP contribution in [-0.2, 0) is 27.2 Å². The third-order valence-corrected chi connectivity index (χ3v) is 6.89. The van der Waals surface area contributed by atoms with Crippen LogP contribution in [0.25, 0.3) is 0 Å². The molecule has 1 fully saturated rings. The molecule has 1 aliphatic heterocycles. The lowest BCUT2D eigenvalue weighted by molar-refractivity contribution is -0.140. The number of rotatable bonds is 6. The minimum Gasteiger partial charge on any atom is -0.508 e. The van der Waals surface area contributed by atoms with Crippen molar-refractivity contribution in [2.24, 2.45) is 0 Å². The molecule has 1 saturated heterocycles. The number of nitrogens with one attached hydrogen (secondary N) is 2. The van der Waals surface area contributed by atoms with E-state index in [0.717, 1.165) is 30.4 Å². The van der Waals surface area contributed by atoms with E-state index in [0.29, 0.717) is 19.4 Å². The van der Waals surface area contributed by atoms with Gasteiger partial charge in [0.2, 0.25) is 11.8 Å². The van der Waals surface area contributed by atoms with Crippen molar-refractivity contribution in [1.82, 2.24) is 15.5 Å². The fourth-order valence-electron chi connectivity index (χ4n) is 5.19. The van der Waals surface area contributed by atoms with E-state index in [4.69, 9.17) is 4.74 Å². The van der Waals surface area contributed by atoms with Crippen molar-refractivity contribution in [2.45, 2.75) is 83.0 Å². The van der Waals surface area contributed by atoms with Gasteiger partial charge in [0.05, 0.1) is 6.04 Å². The van der Waals surface area contributed by atoms with Crippen molar-refractivity contribution in [1.29, 1.82) is 0 Å². The molecule has 3 N–H and O–H groups in total. The topological polar surface area (TPSA) is 108 Å². The SMILES string of the molecule is CC(C)(C)OC(=O)N[C@@H](Cc1ccc(O)cc1)C(=O)N1CCC[C@H]1C(=O)N[C@@H]1CCCc2ccccc21. The molecule has 1 aliphatic carbocycles. The van der Waals surface area contributed by atoms with E-state index in [1.165, 1.54) is 5.56 Å². The maximum Gasteiger partial charge on any atom is 0.408 e. The molecule has 1 heterocycles. The van der Waals surface area contributed by atoms with Gasteiger partial charge < -0.3 is 25.4 Å². The average Bonchev–Trinajstić information content (AvgIpc) is 3.34. The summed E-state index contributed by atoms with van der Waals surface area (Å²) >= 11 is 0. The Morgan fingerprint density at radius 2 is 1.78 bits per heavy atom. The summed E-state index contributed by atoms with van der Waals surface area (Å²) in [6.07, 6.45) is 3.68. The second-order valence-corrected chi connectivity index (χ2v) is 10.9. The summed E-state index contributed by atoms with van der Waals surface area (Å²) in [5.41, 5.74) is 2.46. The van der Waals surface area contributed by atoms with Gasteiger partial charge in [0.25, 0.3) is 0 Å². The molecular weight excluding hydrogens is 470 g/mol. The lowest BCUT2D eigenvalue weighted by Crippen LogP contribution is -2.55. The number of aromatic hydroxyl groups is 1. The molecule has 0 spiro atoms. The molecule has 0 aromatic heterocycles. The van der Waals surface area contributed by atoms with Crippen LogP contribution in [0, 0.1) is 0 Å². The maximum atomic E-state index is 13.7. The third-order valence-electron chi connectivity index (χ3n) is 6.89. The zero-order valence-electron chi connectivity index (χ0n) is 21.8. The number of carbonyl (C=O) groups is 3. The zero-order valence-corrected chi connectivity index (χ0v) is 21.8. The lowest BCUT2D eigenvalue weighted by Gasteiger charge is -2.32. The summed E-state index contributed by atoms with van der Waals surface area (Å²) in [5.74, 6) is -0.360. The number of phenolic OH excluding ortho intramolecular Hbond substituents is 1. The van der Waals surface area contributed by atoms with Gasteiger partial charge in [0, 0.05) is 13.0 Å². The Hall–Kier alpha value is -3.55. The molecule has 8 heteroatoms. The van der Waals surface area contributed by atoms with Gasteiger partial charge in [-0.3, -0.25) is 9.59 Å². The molecule has 0 unspecified atom stereocenters. The Balaban J connectivity index is 1.49. The van der Waals surface area contributed by atoms with E-state index in [2.05, 4.69) is 22.8 Å². The highest BCUT2D eigenvalue weighted by atomic mass is 16.6. The monoisotopic (exact) mass is 507 g/mol. The van der Waals surface area contributed by atoms with Crippen LogP contribution in [0.15, 0.2) is 48.5 Å². The Morgan fingerprint density at radius 3 is 2.51 bits per heavy atom. The number of nitrogens with zero attached hydrogens (tertiary/aromatic N) is 1. The van der Waals surface area contributed by atoms with Crippen LogP contribution in [0.5, 0.6) is 5.75 Å². The van der Waals surface area contributed by atoms with E-state index >= 15 is 0 Å². The Bertz CT molecular complexity index is 1130. The highest BCUT2D eigenvalue weighted by molar-refractivity contribution is 5.92. The number of likely N-dealkylation sites (tertiary alicyclic amines) is 1. The van der Waals surface area contributed by atoms with Crippen LogP contribution in [0.1, 0.15) is 69.2 Å². The minimum absolute atomic E-state index is 0.0670. The molecule has 0 saturated carbocycles. The zero-order chi connectivity index (χ0) is 26.6. The van der Waals surface area contributed by atoms with Gasteiger partial charge in [0.1, 0.15) is 23.4 Å². The second kappa shape index (κ2) is 11.2. The summed E-state index contributed by atoms with van der Waals surface area (Å²) < 4.78 is 5.41. The van der Waals surface area contributed by atoms with Gasteiger partial charge in [-0.15, -0.1) is 0 Å². The van der Waals surface area contributed by atoms with Crippen LogP contribution >= 0.6 is 0 Å². The number of alkyl carbamates (subject to hydrolysis) is 1. The third kappa shape index (κ3) is 6.81. The first kappa shape index (κ1) is 26.5. The summed E-state index contributed by atoms with van der Waals surface area (Å²) in [6.45, 7) is 5.72. The molecule has 3 amide bonds. The highest BCUT2D eigenvalue weighted by Crippen LogP contribution is 2.30. The molecule has 8 nitrogen and oxygen atoms in total. The van der Waals surface area contributed by atoms with Crippen molar-refractivity contribution in [3.8, 4) is 5.75 Å². The normalized spacial score (nSPS) is 20.0. The predicted molar refractivity (Wildman–Crippen MR) is 140 cm³/mol. The molecule has 3 atom stereocenters. The van der Waals surface area contributed by atoms with Gasteiger partial charge in [-0.25, -0.2) is 4.79 Å². The molecule has 198 valence electrons. The minimum atomic E-state index is -0.914. The van der Waals surface area contributed by atoms with Crippen LogP contribution in [0.2, 0.25) is 0 Å². The largest absolute Gasteiger partial charge is 0.508 e. The number of hydrogen-bond acceptors (Lipinski definition) is 5. The number of hydrogen-bond donors (Lipinski definition) is 3. The van der Waals surface area contributed by atoms with Crippen molar-refractivity contribution in [3.63, 3.8) is 0 Å². The Kier molecular flexibility index (Phi) is 8.05. The summed E-state index contributed by atoms with van der Waals surface area (Å²) in [6, 6.07) is 13.1. The smallest absolute Gasteiger partial charge is 0.408 e. The molecule has 2 aromatic rings. The van der Waals surface area contributed by atoms with E-state index in [1.54, 1.807) is 49.9 Å². The number of phenols is 1. The molecule has 0 radical (unpaired) electrons. The number of amides is 3. The summed E-state index contributed by atoms with van der Waals surface area (Å²) in [7, 11) is 0. The average molecular weight is 508 g/mol. The fourth-order valence-corrected chi connectivity index (χ4v) is 5.19. The number of fused-ring (bicyclic) bond motifs is 1. The van der Waals surface area contributed by atoms with Gasteiger partial charge in [-0.1, -0.05) is 36.4 Å². The predicted octanol–water partition coefficient (Wildman–Crippen LogP) is 4.01. The van der Waals surface area contributed by atoms with Crippen LogP contribution < -0.4 is 10.6 Å². The number of ether oxygens (including phenoxy) is 1. The molecule has 2 aliphatic rings. The van der Waals surface area contributed by atoms with Gasteiger partial charge >= 0.3 is 6.09 Å². The van der Waals surface area contributed by atoms with Crippen LogP contribution in [0.3, 0.4) is 0 Å².